The Balaban J connectivity index is 2.05. The number of benzene rings is 1. The maximum atomic E-state index is 13.4. The zero-order valence-corrected chi connectivity index (χ0v) is 13.9. The molecule has 3 aromatic heterocycles. The van der Waals surface area contributed by atoms with Crippen LogP contribution in [0.1, 0.15) is 5.82 Å². The summed E-state index contributed by atoms with van der Waals surface area (Å²) in [5.41, 5.74) is 0.940. The number of aromatic amines is 1. The van der Waals surface area contributed by atoms with Gasteiger partial charge in [-0.2, -0.15) is 0 Å². The minimum Gasteiger partial charge on any atom is -0.377 e. The van der Waals surface area contributed by atoms with Crippen molar-refractivity contribution in [2.45, 2.75) is 6.61 Å². The lowest BCUT2D eigenvalue weighted by atomic mass is 10.2. The second kappa shape index (κ2) is 5.87. The van der Waals surface area contributed by atoms with Gasteiger partial charge in [-0.1, -0.05) is 0 Å². The molecule has 0 bridgehead atoms. The molecular formula is C16H12FN5O2S. The zero-order chi connectivity index (χ0) is 17.6. The summed E-state index contributed by atoms with van der Waals surface area (Å²) < 4.78 is 21.5. The van der Waals surface area contributed by atoms with Gasteiger partial charge in [0.15, 0.2) is 16.2 Å². The van der Waals surface area contributed by atoms with E-state index >= 15 is 0 Å². The van der Waals surface area contributed by atoms with Crippen molar-refractivity contribution in [2.24, 2.45) is 0 Å². The lowest BCUT2D eigenvalue weighted by Crippen LogP contribution is -2.21. The number of ether oxygens (including phenoxy) is 1. The van der Waals surface area contributed by atoms with E-state index in [0.29, 0.717) is 28.1 Å². The SMILES string of the molecule is COCc1nc2c(-n3c(=S)[nH]c4cc(F)ccc4c3=O)cccn2n1. The van der Waals surface area contributed by atoms with Crippen LogP contribution < -0.4 is 5.56 Å². The molecule has 0 fully saturated rings. The highest BCUT2D eigenvalue weighted by Gasteiger charge is 2.14. The van der Waals surface area contributed by atoms with Crippen molar-refractivity contribution >= 4 is 28.8 Å². The third-order valence-electron chi connectivity index (χ3n) is 3.76. The number of halogens is 1. The number of aromatic nitrogens is 5. The van der Waals surface area contributed by atoms with E-state index < -0.39 is 5.82 Å². The molecule has 25 heavy (non-hydrogen) atoms. The highest BCUT2D eigenvalue weighted by Crippen LogP contribution is 2.16. The van der Waals surface area contributed by atoms with Crippen LogP contribution in [0.15, 0.2) is 41.3 Å². The van der Waals surface area contributed by atoms with Gasteiger partial charge in [-0.25, -0.2) is 18.5 Å². The van der Waals surface area contributed by atoms with E-state index in [9.17, 15) is 9.18 Å². The minimum atomic E-state index is -0.445. The molecular weight excluding hydrogens is 345 g/mol. The molecule has 1 N–H and O–H groups in total. The summed E-state index contributed by atoms with van der Waals surface area (Å²) in [6.45, 7) is 0.250. The van der Waals surface area contributed by atoms with Crippen molar-refractivity contribution in [1.29, 1.82) is 0 Å². The van der Waals surface area contributed by atoms with Gasteiger partial charge in [0.2, 0.25) is 0 Å². The van der Waals surface area contributed by atoms with E-state index in [1.54, 1.807) is 30.0 Å². The fourth-order valence-corrected chi connectivity index (χ4v) is 3.00. The number of fused-ring (bicyclic) bond motifs is 2. The Hall–Kier alpha value is -2.91. The third-order valence-corrected chi connectivity index (χ3v) is 4.04. The Morgan fingerprint density at radius 1 is 1.36 bits per heavy atom. The number of hydrogen-bond donors (Lipinski definition) is 1. The maximum absolute atomic E-state index is 13.4. The average molecular weight is 357 g/mol. The normalized spacial score (nSPS) is 11.4. The Bertz CT molecular complexity index is 1230. The molecule has 9 heteroatoms. The van der Waals surface area contributed by atoms with Crippen molar-refractivity contribution in [2.75, 3.05) is 7.11 Å². The van der Waals surface area contributed by atoms with E-state index in [1.807, 2.05) is 0 Å². The molecule has 0 saturated carbocycles. The van der Waals surface area contributed by atoms with Crippen LogP contribution in [0.25, 0.3) is 22.2 Å². The summed E-state index contributed by atoms with van der Waals surface area (Å²) >= 11 is 5.32. The molecule has 0 aliphatic heterocycles. The Labute approximate surface area is 145 Å². The molecule has 0 unspecified atom stereocenters. The largest absolute Gasteiger partial charge is 0.377 e. The van der Waals surface area contributed by atoms with Crippen LogP contribution in [-0.4, -0.2) is 31.3 Å². The van der Waals surface area contributed by atoms with Crippen LogP contribution in [0.5, 0.6) is 0 Å². The molecule has 0 aliphatic rings. The standard InChI is InChI=1S/C16H12FN5O2S/c1-24-8-13-19-14-12(3-2-6-21(14)20-13)22-15(23)10-5-4-9(17)7-11(10)18-16(22)25/h2-7H,8H2,1H3,(H,18,25). The molecule has 7 nitrogen and oxygen atoms in total. The van der Waals surface area contributed by atoms with E-state index in [4.69, 9.17) is 17.0 Å². The molecule has 0 aliphatic carbocycles. The van der Waals surface area contributed by atoms with E-state index in [0.717, 1.165) is 0 Å². The Kier molecular flexibility index (Phi) is 3.66. The second-order valence-electron chi connectivity index (χ2n) is 5.38. The van der Waals surface area contributed by atoms with Crippen LogP contribution in [0.2, 0.25) is 0 Å². The Morgan fingerprint density at radius 3 is 3.00 bits per heavy atom. The molecule has 0 amide bonds. The van der Waals surface area contributed by atoms with Crippen LogP contribution >= 0.6 is 12.2 Å². The topological polar surface area (TPSA) is 77.2 Å². The first kappa shape index (κ1) is 15.6. The molecule has 3 heterocycles. The first-order chi connectivity index (χ1) is 12.1. The van der Waals surface area contributed by atoms with Gasteiger partial charge in [-0.3, -0.25) is 4.79 Å². The molecule has 0 saturated heterocycles. The molecule has 0 radical (unpaired) electrons. The minimum absolute atomic E-state index is 0.146. The summed E-state index contributed by atoms with van der Waals surface area (Å²) in [5, 5.41) is 4.62. The average Bonchev–Trinajstić information content (AvgIpc) is 2.98. The lowest BCUT2D eigenvalue weighted by Gasteiger charge is -2.08. The van der Waals surface area contributed by atoms with Gasteiger partial charge in [-0.15, -0.1) is 5.10 Å². The van der Waals surface area contributed by atoms with Gasteiger partial charge in [0.25, 0.3) is 5.56 Å². The fourth-order valence-electron chi connectivity index (χ4n) is 2.71. The first-order valence-corrected chi connectivity index (χ1v) is 7.77. The predicted octanol–water partition coefficient (Wildman–Crippen LogP) is 2.38. The highest BCUT2D eigenvalue weighted by molar-refractivity contribution is 7.71. The quantitative estimate of drug-likeness (QED) is 0.570. The molecule has 1 aromatic carbocycles. The van der Waals surface area contributed by atoms with Gasteiger partial charge < -0.3 is 9.72 Å². The number of methoxy groups -OCH3 is 1. The van der Waals surface area contributed by atoms with Crippen molar-refractivity contribution in [3.8, 4) is 5.69 Å². The molecule has 0 atom stereocenters. The summed E-state index contributed by atoms with van der Waals surface area (Å²) in [7, 11) is 1.55. The molecule has 4 rings (SSSR count). The van der Waals surface area contributed by atoms with Crippen molar-refractivity contribution < 1.29 is 9.13 Å². The van der Waals surface area contributed by atoms with E-state index in [-0.39, 0.29) is 16.9 Å². The summed E-state index contributed by atoms with van der Waals surface area (Å²) in [5.74, 6) is 0.0415. The van der Waals surface area contributed by atoms with Crippen molar-refractivity contribution in [1.82, 2.24) is 24.1 Å². The van der Waals surface area contributed by atoms with Gasteiger partial charge in [0.05, 0.1) is 16.6 Å². The molecule has 0 spiro atoms. The summed E-state index contributed by atoms with van der Waals surface area (Å²) in [6.07, 6.45) is 1.72. The number of H-pyrrole nitrogens is 1. The van der Waals surface area contributed by atoms with Crippen molar-refractivity contribution in [3.05, 3.63) is 63.3 Å². The molecule has 126 valence electrons. The van der Waals surface area contributed by atoms with Gasteiger partial charge in [0, 0.05) is 13.3 Å². The molecule has 4 aromatic rings. The van der Waals surface area contributed by atoms with Crippen molar-refractivity contribution in [3.63, 3.8) is 0 Å². The fraction of sp³-hybridized carbons (Fsp3) is 0.125. The van der Waals surface area contributed by atoms with Crippen LogP contribution in [0, 0.1) is 10.6 Å². The monoisotopic (exact) mass is 357 g/mol. The Morgan fingerprint density at radius 2 is 2.20 bits per heavy atom. The zero-order valence-electron chi connectivity index (χ0n) is 13.1. The van der Waals surface area contributed by atoms with Crippen LogP contribution in [-0.2, 0) is 11.3 Å². The van der Waals surface area contributed by atoms with Crippen LogP contribution in [0.3, 0.4) is 0 Å². The highest BCUT2D eigenvalue weighted by atomic mass is 32.1. The van der Waals surface area contributed by atoms with E-state index in [1.165, 1.54) is 22.8 Å². The number of nitrogens with one attached hydrogen (secondary N) is 1. The number of pyridine rings is 1. The number of hydrogen-bond acceptors (Lipinski definition) is 5. The smallest absolute Gasteiger partial charge is 0.266 e. The lowest BCUT2D eigenvalue weighted by molar-refractivity contribution is 0.178. The maximum Gasteiger partial charge on any atom is 0.266 e. The summed E-state index contributed by atoms with van der Waals surface area (Å²) in [6, 6.07) is 7.37. The van der Waals surface area contributed by atoms with E-state index in [2.05, 4.69) is 15.1 Å². The van der Waals surface area contributed by atoms with Gasteiger partial charge in [0.1, 0.15) is 12.4 Å². The third kappa shape index (κ3) is 2.53. The predicted molar refractivity (Wildman–Crippen MR) is 91.9 cm³/mol. The summed E-state index contributed by atoms with van der Waals surface area (Å²) in [4.78, 5) is 20.2. The van der Waals surface area contributed by atoms with Gasteiger partial charge in [-0.05, 0) is 42.5 Å². The number of rotatable bonds is 3. The van der Waals surface area contributed by atoms with Gasteiger partial charge >= 0.3 is 0 Å². The number of nitrogens with zero attached hydrogens (tertiary/aromatic N) is 4. The first-order valence-electron chi connectivity index (χ1n) is 7.36. The van der Waals surface area contributed by atoms with Crippen LogP contribution in [0.4, 0.5) is 4.39 Å². The second-order valence-corrected chi connectivity index (χ2v) is 5.77.